The second-order valence-electron chi connectivity index (χ2n) is 15.0. The highest BCUT2D eigenvalue weighted by Gasteiger charge is 2.11. The highest BCUT2D eigenvalue weighted by Crippen LogP contribution is 2.12. The number of carbonyl (C=O) groups excluding carboxylic acids is 2. The molecule has 0 aromatic heterocycles. The fourth-order valence-corrected chi connectivity index (χ4v) is 6.56. The fraction of sp³-hybridized carbons (Fsp3) is 0.870. The second-order valence-corrected chi connectivity index (χ2v) is 15.0. The molecule has 0 rings (SSSR count). The molecule has 0 heterocycles. The van der Waals surface area contributed by atoms with Gasteiger partial charge in [0.25, 0.3) is 0 Å². The lowest BCUT2D eigenvalue weighted by Gasteiger charge is -2.26. The van der Waals surface area contributed by atoms with Gasteiger partial charge in [0.1, 0.15) is 13.2 Å². The van der Waals surface area contributed by atoms with E-state index in [1.54, 1.807) is 0 Å². The average molecular weight is 733 g/mol. The number of unbranched alkanes of at least 4 members (excludes halogenated alkanes) is 22. The zero-order chi connectivity index (χ0) is 38.0. The van der Waals surface area contributed by atoms with Crippen LogP contribution in [0.15, 0.2) is 24.3 Å². The summed E-state index contributed by atoms with van der Waals surface area (Å²) in [7, 11) is 0. The van der Waals surface area contributed by atoms with E-state index in [1.807, 2.05) is 0 Å². The second kappa shape index (κ2) is 42.1. The van der Waals surface area contributed by atoms with Crippen molar-refractivity contribution < 1.29 is 19.1 Å². The number of hydrogen-bond donors (Lipinski definition) is 0. The van der Waals surface area contributed by atoms with Gasteiger partial charge in [0.15, 0.2) is 0 Å². The summed E-state index contributed by atoms with van der Waals surface area (Å²) in [4.78, 5) is 29.4. The van der Waals surface area contributed by atoms with Crippen molar-refractivity contribution in [3.63, 3.8) is 0 Å². The molecule has 0 bridgehead atoms. The first-order chi connectivity index (χ1) is 25.6. The molecule has 0 radical (unpaired) electrons. The summed E-state index contributed by atoms with van der Waals surface area (Å²) in [6.45, 7) is 14.9. The Morgan fingerprint density at radius 2 is 0.692 bits per heavy atom. The lowest BCUT2D eigenvalue weighted by molar-refractivity contribution is -0.144. The smallest absolute Gasteiger partial charge is 0.305 e. The van der Waals surface area contributed by atoms with Gasteiger partial charge in [-0.25, -0.2) is 0 Å². The van der Waals surface area contributed by atoms with Crippen LogP contribution in [0.4, 0.5) is 0 Å². The lowest BCUT2D eigenvalue weighted by atomic mass is 10.1. The van der Waals surface area contributed by atoms with Gasteiger partial charge in [0.05, 0.1) is 0 Å². The van der Waals surface area contributed by atoms with Gasteiger partial charge < -0.3 is 14.4 Å². The van der Waals surface area contributed by atoms with Crippen molar-refractivity contribution in [1.82, 2.24) is 9.80 Å². The van der Waals surface area contributed by atoms with Gasteiger partial charge in [-0.1, -0.05) is 155 Å². The zero-order valence-electron chi connectivity index (χ0n) is 35.3. The maximum absolute atomic E-state index is 12.4. The molecule has 0 saturated carbocycles. The Balaban J connectivity index is 3.97. The molecule has 0 aromatic carbocycles. The molecule has 6 heteroatoms. The minimum Gasteiger partial charge on any atom is -0.464 e. The summed E-state index contributed by atoms with van der Waals surface area (Å²) < 4.78 is 11.2. The van der Waals surface area contributed by atoms with Gasteiger partial charge in [-0.3, -0.25) is 14.5 Å². The Bertz CT molecular complexity index is 752. The first-order valence-electron chi connectivity index (χ1n) is 22.6. The average Bonchev–Trinajstić information content (AvgIpc) is 3.14. The van der Waals surface area contributed by atoms with Crippen molar-refractivity contribution in [3.05, 3.63) is 24.3 Å². The van der Waals surface area contributed by atoms with Gasteiger partial charge in [0.2, 0.25) is 0 Å². The van der Waals surface area contributed by atoms with E-state index in [2.05, 4.69) is 61.8 Å². The Kier molecular flexibility index (Phi) is 40.7. The molecule has 6 nitrogen and oxygen atoms in total. The SMILES string of the molecule is CCCCCCCC/C=C\CCCCCCCC(=O)OCCN(CCOC(=O)CCCCCCC/C=C\CCCCCCCC)CCN(CC)CC. The standard InChI is InChI=1S/C46H88N2O4/c1-5-9-11-13-15-17-19-21-23-25-27-29-31-33-35-37-45(49)51-43-41-48(40-39-47(7-3)8-4)42-44-52-46(50)38-36-34-32-30-28-26-24-22-20-18-16-14-12-10-6-2/h21-24H,5-20,25-44H2,1-4H3/b23-21-,24-22-. The quantitative estimate of drug-likeness (QED) is 0.0354. The summed E-state index contributed by atoms with van der Waals surface area (Å²) in [5, 5.41) is 0. The number of allylic oxidation sites excluding steroid dienone is 4. The fourth-order valence-electron chi connectivity index (χ4n) is 6.56. The molecule has 0 saturated heterocycles. The van der Waals surface area contributed by atoms with Crippen molar-refractivity contribution in [2.75, 3.05) is 52.5 Å². The molecular formula is C46H88N2O4. The first kappa shape index (κ1) is 50.3. The number of likely N-dealkylation sites (N-methyl/N-ethyl adjacent to an activating group) is 1. The van der Waals surface area contributed by atoms with Crippen molar-refractivity contribution in [3.8, 4) is 0 Å². The van der Waals surface area contributed by atoms with E-state index in [0.29, 0.717) is 39.1 Å². The molecule has 0 aromatic rings. The first-order valence-corrected chi connectivity index (χ1v) is 22.6. The molecule has 0 unspecified atom stereocenters. The maximum Gasteiger partial charge on any atom is 0.305 e. The van der Waals surface area contributed by atoms with Crippen molar-refractivity contribution in [1.29, 1.82) is 0 Å². The molecule has 0 N–H and O–H groups in total. The van der Waals surface area contributed by atoms with E-state index in [-0.39, 0.29) is 11.9 Å². The molecule has 0 aliphatic rings. The van der Waals surface area contributed by atoms with Gasteiger partial charge in [0, 0.05) is 39.0 Å². The predicted molar refractivity (Wildman–Crippen MR) is 225 cm³/mol. The van der Waals surface area contributed by atoms with Crippen molar-refractivity contribution in [2.45, 2.75) is 207 Å². The molecule has 52 heavy (non-hydrogen) atoms. The van der Waals surface area contributed by atoms with Crippen LogP contribution >= 0.6 is 0 Å². The van der Waals surface area contributed by atoms with Crippen LogP contribution in [0.5, 0.6) is 0 Å². The summed E-state index contributed by atoms with van der Waals surface area (Å²) in [5.41, 5.74) is 0. The van der Waals surface area contributed by atoms with Crippen molar-refractivity contribution in [2.24, 2.45) is 0 Å². The zero-order valence-corrected chi connectivity index (χ0v) is 35.3. The van der Waals surface area contributed by atoms with E-state index in [4.69, 9.17) is 9.47 Å². The van der Waals surface area contributed by atoms with Crippen LogP contribution in [0.25, 0.3) is 0 Å². The number of nitrogens with zero attached hydrogens (tertiary/aromatic N) is 2. The number of rotatable bonds is 41. The van der Waals surface area contributed by atoms with E-state index >= 15 is 0 Å². The Hall–Kier alpha value is -1.66. The number of hydrogen-bond acceptors (Lipinski definition) is 6. The minimum absolute atomic E-state index is 0.0901. The number of ether oxygens (including phenoxy) is 2. The van der Waals surface area contributed by atoms with Crippen molar-refractivity contribution >= 4 is 11.9 Å². The molecule has 0 fully saturated rings. The van der Waals surface area contributed by atoms with E-state index in [0.717, 1.165) is 51.9 Å². The third kappa shape index (κ3) is 38.1. The third-order valence-electron chi connectivity index (χ3n) is 10.3. The minimum atomic E-state index is -0.0901. The summed E-state index contributed by atoms with van der Waals surface area (Å²) in [6, 6.07) is 0. The van der Waals surface area contributed by atoms with E-state index < -0.39 is 0 Å². The van der Waals surface area contributed by atoms with Gasteiger partial charge in [-0.05, 0) is 77.3 Å². The summed E-state index contributed by atoms with van der Waals surface area (Å²) in [6.07, 6.45) is 43.0. The van der Waals surface area contributed by atoms with Crippen LogP contribution in [-0.4, -0.2) is 74.2 Å². The molecule has 0 aliphatic carbocycles. The molecule has 0 aliphatic heterocycles. The largest absolute Gasteiger partial charge is 0.464 e. The van der Waals surface area contributed by atoms with Crippen LogP contribution in [0.2, 0.25) is 0 Å². The highest BCUT2D eigenvalue weighted by molar-refractivity contribution is 5.69. The summed E-state index contributed by atoms with van der Waals surface area (Å²) in [5.74, 6) is -0.180. The van der Waals surface area contributed by atoms with Gasteiger partial charge in [-0.15, -0.1) is 0 Å². The van der Waals surface area contributed by atoms with Gasteiger partial charge >= 0.3 is 11.9 Å². The van der Waals surface area contributed by atoms with Crippen LogP contribution in [0.3, 0.4) is 0 Å². The van der Waals surface area contributed by atoms with Crippen LogP contribution in [0, 0.1) is 0 Å². The maximum atomic E-state index is 12.4. The predicted octanol–water partition coefficient (Wildman–Crippen LogP) is 12.8. The Morgan fingerprint density at radius 1 is 0.385 bits per heavy atom. The monoisotopic (exact) mass is 733 g/mol. The van der Waals surface area contributed by atoms with E-state index in [1.165, 1.54) is 141 Å². The van der Waals surface area contributed by atoms with Crippen LogP contribution in [0.1, 0.15) is 207 Å². The Morgan fingerprint density at radius 3 is 1.04 bits per heavy atom. The molecule has 0 spiro atoms. The van der Waals surface area contributed by atoms with Gasteiger partial charge in [-0.2, -0.15) is 0 Å². The molecular weight excluding hydrogens is 645 g/mol. The third-order valence-corrected chi connectivity index (χ3v) is 10.3. The molecule has 0 amide bonds. The molecule has 306 valence electrons. The summed E-state index contributed by atoms with van der Waals surface area (Å²) >= 11 is 0. The lowest BCUT2D eigenvalue weighted by Crippen LogP contribution is -2.39. The topological polar surface area (TPSA) is 59.1 Å². The number of carbonyl (C=O) groups is 2. The highest BCUT2D eigenvalue weighted by atomic mass is 16.5. The molecule has 0 atom stereocenters. The van der Waals surface area contributed by atoms with E-state index in [9.17, 15) is 9.59 Å². The van der Waals surface area contributed by atoms with Crippen LogP contribution < -0.4 is 0 Å². The van der Waals surface area contributed by atoms with Crippen LogP contribution in [-0.2, 0) is 19.1 Å². The normalized spacial score (nSPS) is 11.9. The Labute approximate surface area is 324 Å². The number of esters is 2.